The van der Waals surface area contributed by atoms with E-state index in [4.69, 9.17) is 4.42 Å². The molecule has 0 fully saturated rings. The number of para-hydroxylation sites is 1. The fourth-order valence-electron chi connectivity index (χ4n) is 3.15. The monoisotopic (exact) mass is 443 g/mol. The largest absolute Gasteiger partial charge is 0.422 e. The predicted molar refractivity (Wildman–Crippen MR) is 123 cm³/mol. The van der Waals surface area contributed by atoms with Crippen molar-refractivity contribution in [3.05, 3.63) is 106 Å². The summed E-state index contributed by atoms with van der Waals surface area (Å²) in [6.07, 6.45) is 1.49. The molecule has 5 rings (SSSR count). The molecule has 0 spiro atoms. The highest BCUT2D eigenvalue weighted by molar-refractivity contribution is 7.22. The van der Waals surface area contributed by atoms with E-state index in [2.05, 4.69) is 10.1 Å². The summed E-state index contributed by atoms with van der Waals surface area (Å²) >= 11 is 1.09. The predicted octanol–water partition coefficient (Wildman–Crippen LogP) is 5.22. The van der Waals surface area contributed by atoms with Gasteiger partial charge in [-0.15, -0.1) is 0 Å². The SMILES string of the molecule is O=C(c1cc2ccccc2oc1=O)N(/N=C/c1ccccc1)c1nc2ccc(F)cc2s1. The van der Waals surface area contributed by atoms with Gasteiger partial charge in [-0.1, -0.05) is 59.9 Å². The van der Waals surface area contributed by atoms with Gasteiger partial charge < -0.3 is 4.42 Å². The Labute approximate surface area is 184 Å². The Morgan fingerprint density at radius 2 is 1.81 bits per heavy atom. The number of rotatable bonds is 4. The average molecular weight is 443 g/mol. The molecule has 0 atom stereocenters. The number of fused-ring (bicyclic) bond motifs is 2. The average Bonchev–Trinajstić information content (AvgIpc) is 3.22. The molecule has 0 aliphatic rings. The van der Waals surface area contributed by atoms with Crippen LogP contribution in [-0.4, -0.2) is 17.1 Å². The van der Waals surface area contributed by atoms with Crippen LogP contribution < -0.4 is 10.6 Å². The Balaban J connectivity index is 1.63. The van der Waals surface area contributed by atoms with E-state index < -0.39 is 17.3 Å². The van der Waals surface area contributed by atoms with E-state index in [9.17, 15) is 14.0 Å². The van der Waals surface area contributed by atoms with Crippen LogP contribution in [0.1, 0.15) is 15.9 Å². The van der Waals surface area contributed by atoms with Crippen LogP contribution in [0.3, 0.4) is 0 Å². The van der Waals surface area contributed by atoms with E-state index in [1.165, 1.54) is 30.5 Å². The van der Waals surface area contributed by atoms with Crippen LogP contribution in [0.15, 0.2) is 93.2 Å². The Morgan fingerprint density at radius 1 is 1.03 bits per heavy atom. The lowest BCUT2D eigenvalue weighted by molar-refractivity contribution is 0.0984. The minimum absolute atomic E-state index is 0.181. The van der Waals surface area contributed by atoms with Crippen LogP contribution >= 0.6 is 11.3 Å². The van der Waals surface area contributed by atoms with Crippen molar-refractivity contribution in [3.8, 4) is 0 Å². The van der Waals surface area contributed by atoms with Gasteiger partial charge in [0.15, 0.2) is 0 Å². The van der Waals surface area contributed by atoms with E-state index in [0.717, 1.165) is 21.9 Å². The summed E-state index contributed by atoms with van der Waals surface area (Å²) in [5.74, 6) is -1.11. The number of carbonyl (C=O) groups is 1. The molecular formula is C24H14FN3O3S. The number of anilines is 1. The Bertz CT molecular complexity index is 1540. The molecule has 0 saturated carbocycles. The molecule has 0 radical (unpaired) electrons. The van der Waals surface area contributed by atoms with Gasteiger partial charge in [-0.2, -0.15) is 10.1 Å². The van der Waals surface area contributed by atoms with Crippen LogP contribution in [0.5, 0.6) is 0 Å². The molecule has 156 valence electrons. The number of benzene rings is 3. The van der Waals surface area contributed by atoms with Crippen LogP contribution in [-0.2, 0) is 0 Å². The summed E-state index contributed by atoms with van der Waals surface area (Å²) in [7, 11) is 0. The minimum Gasteiger partial charge on any atom is -0.422 e. The highest BCUT2D eigenvalue weighted by atomic mass is 32.1. The fourth-order valence-corrected chi connectivity index (χ4v) is 4.10. The Hall–Kier alpha value is -4.17. The van der Waals surface area contributed by atoms with E-state index in [-0.39, 0.29) is 10.7 Å². The van der Waals surface area contributed by atoms with Crippen molar-refractivity contribution in [1.29, 1.82) is 0 Å². The van der Waals surface area contributed by atoms with E-state index in [0.29, 0.717) is 21.2 Å². The maximum Gasteiger partial charge on any atom is 0.349 e. The molecule has 32 heavy (non-hydrogen) atoms. The number of halogens is 1. The van der Waals surface area contributed by atoms with E-state index >= 15 is 0 Å². The number of aromatic nitrogens is 1. The molecule has 0 aliphatic carbocycles. The third-order valence-electron chi connectivity index (χ3n) is 4.71. The summed E-state index contributed by atoms with van der Waals surface area (Å²) in [5, 5.41) is 6.16. The minimum atomic E-state index is -0.777. The normalized spacial score (nSPS) is 11.4. The molecule has 0 saturated heterocycles. The molecule has 2 heterocycles. The summed E-state index contributed by atoms with van der Waals surface area (Å²) in [5.41, 5.74) is 0.691. The first-order valence-electron chi connectivity index (χ1n) is 9.61. The van der Waals surface area contributed by atoms with Crippen molar-refractivity contribution >= 4 is 49.8 Å². The number of hydrogen-bond donors (Lipinski definition) is 0. The van der Waals surface area contributed by atoms with Gasteiger partial charge in [0, 0.05) is 5.39 Å². The number of hydrazone groups is 1. The van der Waals surface area contributed by atoms with Gasteiger partial charge in [0.2, 0.25) is 5.13 Å². The molecule has 0 unspecified atom stereocenters. The molecular weight excluding hydrogens is 429 g/mol. The zero-order valence-electron chi connectivity index (χ0n) is 16.4. The fraction of sp³-hybridized carbons (Fsp3) is 0. The highest BCUT2D eigenvalue weighted by Crippen LogP contribution is 2.30. The molecule has 6 nitrogen and oxygen atoms in total. The van der Waals surface area contributed by atoms with Gasteiger partial charge in [-0.05, 0) is 35.9 Å². The smallest absolute Gasteiger partial charge is 0.349 e. The van der Waals surface area contributed by atoms with Crippen LogP contribution in [0, 0.1) is 5.82 Å². The van der Waals surface area contributed by atoms with Crippen molar-refractivity contribution in [2.24, 2.45) is 5.10 Å². The Kier molecular flexibility index (Phi) is 5.04. The standard InChI is InChI=1S/C24H14FN3O3S/c25-17-10-11-19-21(13-17)32-24(27-19)28(26-14-15-6-2-1-3-7-15)22(29)18-12-16-8-4-5-9-20(16)31-23(18)30/h1-14H/b26-14+. The molecule has 5 aromatic rings. The first-order valence-corrected chi connectivity index (χ1v) is 10.4. The van der Waals surface area contributed by atoms with Crippen LogP contribution in [0.4, 0.5) is 9.52 Å². The zero-order valence-corrected chi connectivity index (χ0v) is 17.3. The van der Waals surface area contributed by atoms with Crippen LogP contribution in [0.2, 0.25) is 0 Å². The van der Waals surface area contributed by atoms with E-state index in [1.54, 1.807) is 24.3 Å². The highest BCUT2D eigenvalue weighted by Gasteiger charge is 2.25. The molecule has 8 heteroatoms. The summed E-state index contributed by atoms with van der Waals surface area (Å²) in [6, 6.07) is 21.7. The van der Waals surface area contributed by atoms with E-state index in [1.807, 2.05) is 30.3 Å². The first kappa shape index (κ1) is 19.8. The lowest BCUT2D eigenvalue weighted by atomic mass is 10.2. The van der Waals surface area contributed by atoms with Crippen molar-refractivity contribution in [3.63, 3.8) is 0 Å². The quantitative estimate of drug-likeness (QED) is 0.217. The second kappa shape index (κ2) is 8.16. The molecule has 0 aliphatic heterocycles. The third kappa shape index (κ3) is 3.79. The number of hydrogen-bond acceptors (Lipinski definition) is 6. The number of amides is 1. The Morgan fingerprint density at radius 3 is 2.66 bits per heavy atom. The maximum absolute atomic E-state index is 13.7. The van der Waals surface area contributed by atoms with Gasteiger partial charge >= 0.3 is 5.63 Å². The zero-order chi connectivity index (χ0) is 22.1. The summed E-state index contributed by atoms with van der Waals surface area (Å²) in [4.78, 5) is 30.4. The van der Waals surface area contributed by atoms with Crippen molar-refractivity contribution in [2.75, 3.05) is 5.01 Å². The number of thiazole rings is 1. The molecule has 0 N–H and O–H groups in total. The summed E-state index contributed by atoms with van der Waals surface area (Å²) < 4.78 is 19.5. The van der Waals surface area contributed by atoms with Gasteiger partial charge in [0.05, 0.1) is 16.4 Å². The lowest BCUT2D eigenvalue weighted by Gasteiger charge is -2.13. The van der Waals surface area contributed by atoms with Gasteiger partial charge in [0.25, 0.3) is 5.91 Å². The van der Waals surface area contributed by atoms with Crippen molar-refractivity contribution < 1.29 is 13.6 Å². The van der Waals surface area contributed by atoms with Gasteiger partial charge in [-0.3, -0.25) is 4.79 Å². The third-order valence-corrected chi connectivity index (χ3v) is 5.70. The number of carbonyl (C=O) groups excluding carboxylic acids is 1. The topological polar surface area (TPSA) is 75.8 Å². The van der Waals surface area contributed by atoms with Gasteiger partial charge in [-0.25, -0.2) is 14.2 Å². The first-order chi connectivity index (χ1) is 15.6. The second-order valence-corrected chi connectivity index (χ2v) is 7.88. The second-order valence-electron chi connectivity index (χ2n) is 6.87. The lowest BCUT2D eigenvalue weighted by Crippen LogP contribution is -2.30. The molecule has 0 bridgehead atoms. The maximum atomic E-state index is 13.7. The summed E-state index contributed by atoms with van der Waals surface area (Å²) in [6.45, 7) is 0. The van der Waals surface area contributed by atoms with Gasteiger partial charge in [0.1, 0.15) is 17.0 Å². The van der Waals surface area contributed by atoms with Crippen molar-refractivity contribution in [2.45, 2.75) is 0 Å². The van der Waals surface area contributed by atoms with Crippen LogP contribution in [0.25, 0.3) is 21.2 Å². The molecule has 3 aromatic carbocycles. The molecule has 1 amide bonds. The molecule has 2 aromatic heterocycles. The van der Waals surface area contributed by atoms with Crippen molar-refractivity contribution in [1.82, 2.24) is 4.98 Å². The number of nitrogens with zero attached hydrogens (tertiary/aromatic N) is 3.